The first kappa shape index (κ1) is 11.4. The Morgan fingerprint density at radius 3 is 2.36 bits per heavy atom. The highest BCUT2D eigenvalue weighted by atomic mass is 35.9. The summed E-state index contributed by atoms with van der Waals surface area (Å²) in [5.74, 6) is -1.25. The largest absolute Gasteiger partial charge is 0.498 e. The molecule has 0 N–H and O–H groups in total. The summed E-state index contributed by atoms with van der Waals surface area (Å²) in [6, 6.07) is 0. The van der Waals surface area contributed by atoms with Crippen molar-refractivity contribution in [2.75, 3.05) is 6.61 Å². The molecule has 0 rings (SSSR count). The van der Waals surface area contributed by atoms with Gasteiger partial charge in [0.25, 0.3) is 5.85 Å². The van der Waals surface area contributed by atoms with Crippen LogP contribution in [-0.2, 0) is 9.30 Å². The van der Waals surface area contributed by atoms with E-state index >= 15 is 0 Å². The molecular weight excluding hydrogens is 206 g/mol. The predicted molar refractivity (Wildman–Crippen MR) is 49.3 cm³/mol. The summed E-state index contributed by atoms with van der Waals surface area (Å²) >= 11 is 10.6. The second-order valence-electron chi connectivity index (χ2n) is 1.88. The molecule has 0 aliphatic carbocycles. The van der Waals surface area contributed by atoms with E-state index in [-0.39, 0.29) is 0 Å². The summed E-state index contributed by atoms with van der Waals surface area (Å²) in [6.07, 6.45) is 0.650. The molecule has 0 fully saturated rings. The van der Waals surface area contributed by atoms with Crippen LogP contribution in [0.1, 0.15) is 20.3 Å². The Morgan fingerprint density at radius 1 is 1.55 bits per heavy atom. The van der Waals surface area contributed by atoms with Gasteiger partial charge >= 0.3 is 0 Å². The van der Waals surface area contributed by atoms with Crippen LogP contribution >= 0.6 is 28.3 Å². The molecule has 0 aliphatic rings. The number of allylic oxidation sites excluding steroid dienone is 1. The first-order chi connectivity index (χ1) is 4.99. The van der Waals surface area contributed by atoms with E-state index < -0.39 is 5.85 Å². The predicted octanol–water partition coefficient (Wildman–Crippen LogP) is 3.95. The summed E-state index contributed by atoms with van der Waals surface area (Å²) in [5, 5.41) is 0. The molecule has 66 valence electrons. The van der Waals surface area contributed by atoms with E-state index in [1.165, 1.54) is 5.82 Å². The lowest BCUT2D eigenvalue weighted by molar-refractivity contribution is 0.222. The third-order valence-corrected chi connectivity index (χ3v) is 2.15. The van der Waals surface area contributed by atoms with Gasteiger partial charge in [0, 0.05) is 12.2 Å². The summed E-state index contributed by atoms with van der Waals surface area (Å²) in [4.78, 5) is 0. The molecule has 0 aliphatic heterocycles. The fourth-order valence-corrected chi connectivity index (χ4v) is 1.83. The smallest absolute Gasteiger partial charge is 0.278 e. The van der Waals surface area contributed by atoms with Crippen molar-refractivity contribution in [3.05, 3.63) is 11.6 Å². The Kier molecular flexibility index (Phi) is 5.24. The number of rotatable bonds is 4. The van der Waals surface area contributed by atoms with Gasteiger partial charge in [0.05, 0.1) is 6.61 Å². The van der Waals surface area contributed by atoms with Crippen molar-refractivity contribution in [3.8, 4) is 0 Å². The number of halogens is 2. The second-order valence-corrected chi connectivity index (χ2v) is 6.68. The van der Waals surface area contributed by atoms with Gasteiger partial charge in [-0.3, -0.25) is 4.57 Å². The van der Waals surface area contributed by atoms with Crippen LogP contribution in [0.5, 0.6) is 0 Å². The average Bonchev–Trinajstić information content (AvgIpc) is 1.84. The van der Waals surface area contributed by atoms with E-state index in [2.05, 4.69) is 0 Å². The standard InChI is InChI=1S/C6H11Cl2O2P/c1-3-6(10-4-2)5-11(7,8)9/h5H,3-4H2,1-2H3. The van der Waals surface area contributed by atoms with Crippen LogP contribution in [0.3, 0.4) is 0 Å². The minimum absolute atomic E-state index is 0.535. The lowest BCUT2D eigenvalue weighted by Gasteiger charge is -2.05. The molecular formula is C6H11Cl2O2P. The van der Waals surface area contributed by atoms with Crippen LogP contribution in [0.25, 0.3) is 0 Å². The topological polar surface area (TPSA) is 26.3 Å². The molecule has 5 heteroatoms. The number of hydrogen-bond donors (Lipinski definition) is 0. The van der Waals surface area contributed by atoms with E-state index in [1.54, 1.807) is 0 Å². The molecule has 0 atom stereocenters. The quantitative estimate of drug-likeness (QED) is 0.526. The average molecular weight is 217 g/mol. The molecule has 0 radical (unpaired) electrons. The van der Waals surface area contributed by atoms with E-state index in [9.17, 15) is 4.57 Å². The molecule has 0 unspecified atom stereocenters. The number of hydrogen-bond acceptors (Lipinski definition) is 2. The zero-order valence-corrected chi connectivity index (χ0v) is 8.92. The maximum atomic E-state index is 10.8. The van der Waals surface area contributed by atoms with Crippen LogP contribution in [0.4, 0.5) is 0 Å². The summed E-state index contributed by atoms with van der Waals surface area (Å²) in [5.41, 5.74) is 0. The molecule has 2 nitrogen and oxygen atoms in total. The monoisotopic (exact) mass is 216 g/mol. The van der Waals surface area contributed by atoms with Crippen molar-refractivity contribution in [2.24, 2.45) is 0 Å². The molecule has 0 heterocycles. The zero-order valence-electron chi connectivity index (χ0n) is 6.51. The molecule has 0 aromatic rings. The van der Waals surface area contributed by atoms with Crippen molar-refractivity contribution in [1.29, 1.82) is 0 Å². The normalized spacial score (nSPS) is 13.3. The van der Waals surface area contributed by atoms with Gasteiger partial charge in [-0.2, -0.15) is 0 Å². The lowest BCUT2D eigenvalue weighted by atomic mass is 10.4. The Bertz CT molecular complexity index is 185. The van der Waals surface area contributed by atoms with Crippen molar-refractivity contribution in [1.82, 2.24) is 0 Å². The third kappa shape index (κ3) is 6.74. The highest BCUT2D eigenvalue weighted by Gasteiger charge is 2.10. The maximum absolute atomic E-state index is 10.8. The van der Waals surface area contributed by atoms with Gasteiger partial charge in [0.15, 0.2) is 0 Å². The van der Waals surface area contributed by atoms with Gasteiger partial charge in [-0.1, -0.05) is 6.92 Å². The Morgan fingerprint density at radius 2 is 2.09 bits per heavy atom. The van der Waals surface area contributed by atoms with Gasteiger partial charge < -0.3 is 4.74 Å². The molecule has 0 spiro atoms. The molecule has 11 heavy (non-hydrogen) atoms. The van der Waals surface area contributed by atoms with Crippen molar-refractivity contribution in [2.45, 2.75) is 20.3 Å². The molecule has 0 saturated heterocycles. The molecule has 0 amide bonds. The van der Waals surface area contributed by atoms with E-state index in [0.717, 1.165) is 0 Å². The molecule has 0 saturated carbocycles. The maximum Gasteiger partial charge on any atom is 0.278 e. The summed E-state index contributed by atoms with van der Waals surface area (Å²) < 4.78 is 15.9. The lowest BCUT2D eigenvalue weighted by Crippen LogP contribution is -1.88. The van der Waals surface area contributed by atoms with Crippen LogP contribution in [-0.4, -0.2) is 6.61 Å². The van der Waals surface area contributed by atoms with Gasteiger partial charge in [-0.05, 0) is 29.4 Å². The van der Waals surface area contributed by atoms with E-state index in [1.807, 2.05) is 13.8 Å². The Balaban J connectivity index is 4.23. The Hall–Kier alpha value is 0.350. The van der Waals surface area contributed by atoms with Crippen LogP contribution in [0.15, 0.2) is 11.6 Å². The van der Waals surface area contributed by atoms with Crippen molar-refractivity contribution < 1.29 is 9.30 Å². The van der Waals surface area contributed by atoms with Crippen molar-refractivity contribution >= 4 is 28.3 Å². The highest BCUT2D eigenvalue weighted by Crippen LogP contribution is 2.58. The summed E-state index contributed by atoms with van der Waals surface area (Å²) in [6.45, 7) is 4.26. The third-order valence-electron chi connectivity index (χ3n) is 0.972. The molecule has 0 aromatic carbocycles. The van der Waals surface area contributed by atoms with Gasteiger partial charge in [0.1, 0.15) is 5.76 Å². The second kappa shape index (κ2) is 5.08. The zero-order chi connectivity index (χ0) is 8.91. The highest BCUT2D eigenvalue weighted by molar-refractivity contribution is 8.10. The molecule has 0 bridgehead atoms. The first-order valence-corrected chi connectivity index (χ1v) is 6.91. The first-order valence-electron chi connectivity index (χ1n) is 3.33. The minimum Gasteiger partial charge on any atom is -0.498 e. The van der Waals surface area contributed by atoms with Gasteiger partial charge in [-0.15, -0.1) is 0 Å². The fraction of sp³-hybridized carbons (Fsp3) is 0.667. The minimum atomic E-state index is -3.11. The summed E-state index contributed by atoms with van der Waals surface area (Å²) in [7, 11) is 0. The van der Waals surface area contributed by atoms with Crippen LogP contribution < -0.4 is 0 Å². The fourth-order valence-electron chi connectivity index (χ4n) is 0.584. The van der Waals surface area contributed by atoms with E-state index in [4.69, 9.17) is 27.2 Å². The van der Waals surface area contributed by atoms with Gasteiger partial charge in [0.2, 0.25) is 0 Å². The van der Waals surface area contributed by atoms with Gasteiger partial charge in [-0.25, -0.2) is 0 Å². The van der Waals surface area contributed by atoms with Crippen LogP contribution in [0, 0.1) is 0 Å². The van der Waals surface area contributed by atoms with E-state index in [0.29, 0.717) is 18.8 Å². The van der Waals surface area contributed by atoms with Crippen molar-refractivity contribution in [3.63, 3.8) is 0 Å². The number of ether oxygens (including phenoxy) is 1. The SMILES string of the molecule is CCOC(=CP(=O)(Cl)Cl)CC. The van der Waals surface area contributed by atoms with Crippen LogP contribution in [0.2, 0.25) is 0 Å². The molecule has 0 aromatic heterocycles. The Labute approximate surface area is 76.5 Å².